The number of amides is 1. The van der Waals surface area contributed by atoms with E-state index in [-0.39, 0.29) is 11.8 Å². The minimum Gasteiger partial charge on any atom is -0.341 e. The second-order valence-corrected chi connectivity index (χ2v) is 4.79. The van der Waals surface area contributed by atoms with Crippen LogP contribution in [0.2, 0.25) is 0 Å². The van der Waals surface area contributed by atoms with E-state index in [2.05, 4.69) is 0 Å². The number of rotatable bonds is 4. The van der Waals surface area contributed by atoms with E-state index in [0.717, 1.165) is 24.0 Å². The zero-order valence-electron chi connectivity index (χ0n) is 10.4. The highest BCUT2D eigenvalue weighted by atomic mass is 16.2. The van der Waals surface area contributed by atoms with Gasteiger partial charge in [0.2, 0.25) is 5.91 Å². The highest BCUT2D eigenvalue weighted by Crippen LogP contribution is 2.28. The summed E-state index contributed by atoms with van der Waals surface area (Å²) in [5.41, 5.74) is 7.98. The monoisotopic (exact) mass is 232 g/mol. The van der Waals surface area contributed by atoms with Gasteiger partial charge in [0.05, 0.1) is 0 Å². The van der Waals surface area contributed by atoms with Crippen molar-refractivity contribution >= 4 is 5.91 Å². The van der Waals surface area contributed by atoms with Crippen LogP contribution in [0.5, 0.6) is 0 Å². The predicted molar refractivity (Wildman–Crippen MR) is 68.1 cm³/mol. The molecule has 0 spiro atoms. The molecule has 0 aromatic heterocycles. The number of hydrogen-bond acceptors (Lipinski definition) is 2. The fourth-order valence-corrected chi connectivity index (χ4v) is 2.21. The zero-order valence-corrected chi connectivity index (χ0v) is 10.4. The minimum atomic E-state index is 0.269. The Balaban J connectivity index is 2.01. The van der Waals surface area contributed by atoms with E-state index in [0.29, 0.717) is 13.1 Å². The van der Waals surface area contributed by atoms with E-state index in [1.165, 1.54) is 6.42 Å². The summed E-state index contributed by atoms with van der Waals surface area (Å²) in [6.45, 7) is 1.20. The molecule has 1 aromatic carbocycles. The molecular weight excluding hydrogens is 212 g/mol. The van der Waals surface area contributed by atoms with Gasteiger partial charge in [-0.2, -0.15) is 0 Å². The lowest BCUT2D eigenvalue weighted by atomic mass is 9.84. The van der Waals surface area contributed by atoms with Gasteiger partial charge in [-0.05, 0) is 24.0 Å². The average Bonchev–Trinajstić information content (AvgIpc) is 2.27. The lowest BCUT2D eigenvalue weighted by molar-refractivity contribution is -0.137. The quantitative estimate of drug-likeness (QED) is 0.862. The second kappa shape index (κ2) is 5.32. The predicted octanol–water partition coefficient (Wildman–Crippen LogP) is 1.90. The average molecular weight is 232 g/mol. The van der Waals surface area contributed by atoms with Crippen LogP contribution in [0.4, 0.5) is 0 Å². The summed E-state index contributed by atoms with van der Waals surface area (Å²) in [5, 5.41) is 0. The van der Waals surface area contributed by atoms with Crippen molar-refractivity contribution in [2.45, 2.75) is 32.4 Å². The third kappa shape index (κ3) is 2.67. The van der Waals surface area contributed by atoms with Crippen LogP contribution in [0.3, 0.4) is 0 Å². The fourth-order valence-electron chi connectivity index (χ4n) is 2.21. The summed E-state index contributed by atoms with van der Waals surface area (Å²) in [7, 11) is 1.88. The first-order chi connectivity index (χ1) is 8.22. The Bertz CT molecular complexity index is 399. The Morgan fingerprint density at radius 1 is 1.35 bits per heavy atom. The molecule has 1 saturated carbocycles. The van der Waals surface area contributed by atoms with E-state index in [1.807, 2.05) is 36.2 Å². The first-order valence-corrected chi connectivity index (χ1v) is 6.24. The van der Waals surface area contributed by atoms with Crippen LogP contribution in [0.1, 0.15) is 30.4 Å². The smallest absolute Gasteiger partial charge is 0.225 e. The Morgan fingerprint density at radius 2 is 2.00 bits per heavy atom. The van der Waals surface area contributed by atoms with Crippen LogP contribution in [-0.4, -0.2) is 17.9 Å². The van der Waals surface area contributed by atoms with Gasteiger partial charge in [0.1, 0.15) is 0 Å². The normalized spacial score (nSPS) is 15.4. The van der Waals surface area contributed by atoms with E-state index in [4.69, 9.17) is 5.73 Å². The third-order valence-electron chi connectivity index (χ3n) is 3.58. The van der Waals surface area contributed by atoms with Gasteiger partial charge >= 0.3 is 0 Å². The molecule has 1 aromatic rings. The third-order valence-corrected chi connectivity index (χ3v) is 3.58. The van der Waals surface area contributed by atoms with Gasteiger partial charge in [-0.15, -0.1) is 0 Å². The van der Waals surface area contributed by atoms with E-state index in [9.17, 15) is 4.79 Å². The molecular formula is C14H20N2O. The Morgan fingerprint density at radius 3 is 2.53 bits per heavy atom. The summed E-state index contributed by atoms with van der Waals surface area (Å²) >= 11 is 0. The van der Waals surface area contributed by atoms with Gasteiger partial charge in [-0.25, -0.2) is 0 Å². The standard InChI is InChI=1S/C14H20N2O/c1-16(14(17)11-7-4-8-11)10-13-6-3-2-5-12(13)9-15/h2-3,5-6,11H,4,7-10,15H2,1H3. The molecule has 1 aliphatic carbocycles. The number of nitrogens with zero attached hydrogens (tertiary/aromatic N) is 1. The Labute approximate surface area is 103 Å². The number of benzene rings is 1. The summed E-state index contributed by atoms with van der Waals surface area (Å²) in [4.78, 5) is 13.9. The second-order valence-electron chi connectivity index (χ2n) is 4.79. The number of nitrogens with two attached hydrogens (primary N) is 1. The molecule has 0 bridgehead atoms. The van der Waals surface area contributed by atoms with Crippen LogP contribution < -0.4 is 5.73 Å². The molecule has 1 amide bonds. The maximum atomic E-state index is 12.0. The molecule has 3 heteroatoms. The van der Waals surface area contributed by atoms with E-state index >= 15 is 0 Å². The number of hydrogen-bond donors (Lipinski definition) is 1. The van der Waals surface area contributed by atoms with Crippen molar-refractivity contribution in [3.8, 4) is 0 Å². The van der Waals surface area contributed by atoms with Crippen LogP contribution in [0.15, 0.2) is 24.3 Å². The molecule has 0 atom stereocenters. The molecule has 2 rings (SSSR count). The molecule has 0 aliphatic heterocycles. The van der Waals surface area contributed by atoms with Crippen molar-refractivity contribution in [2.24, 2.45) is 11.7 Å². The highest BCUT2D eigenvalue weighted by molar-refractivity contribution is 5.79. The van der Waals surface area contributed by atoms with Gasteiger partial charge in [-0.1, -0.05) is 30.7 Å². The molecule has 1 fully saturated rings. The van der Waals surface area contributed by atoms with Crippen LogP contribution in [0.25, 0.3) is 0 Å². The summed E-state index contributed by atoms with van der Waals surface area (Å²) < 4.78 is 0. The molecule has 2 N–H and O–H groups in total. The van der Waals surface area contributed by atoms with Crippen molar-refractivity contribution in [1.29, 1.82) is 0 Å². The summed E-state index contributed by atoms with van der Waals surface area (Å²) in [5.74, 6) is 0.549. The molecule has 1 aliphatic rings. The van der Waals surface area contributed by atoms with Gasteiger partial charge in [0.25, 0.3) is 0 Å². The SMILES string of the molecule is CN(Cc1ccccc1CN)C(=O)C1CCC1. The molecule has 0 heterocycles. The van der Waals surface area contributed by atoms with Gasteiger partial charge in [0, 0.05) is 26.1 Å². The molecule has 0 radical (unpaired) electrons. The summed E-state index contributed by atoms with van der Waals surface area (Å²) in [6, 6.07) is 8.05. The van der Waals surface area contributed by atoms with E-state index < -0.39 is 0 Å². The molecule has 17 heavy (non-hydrogen) atoms. The first kappa shape index (κ1) is 12.1. The van der Waals surface area contributed by atoms with Crippen molar-refractivity contribution in [3.05, 3.63) is 35.4 Å². The molecule has 0 unspecified atom stereocenters. The number of carbonyl (C=O) groups is 1. The molecule has 92 valence electrons. The van der Waals surface area contributed by atoms with Crippen molar-refractivity contribution < 1.29 is 4.79 Å². The van der Waals surface area contributed by atoms with E-state index in [1.54, 1.807) is 0 Å². The largest absolute Gasteiger partial charge is 0.341 e. The first-order valence-electron chi connectivity index (χ1n) is 6.24. The maximum Gasteiger partial charge on any atom is 0.225 e. The Hall–Kier alpha value is -1.35. The molecule has 0 saturated heterocycles. The lowest BCUT2D eigenvalue weighted by Crippen LogP contribution is -2.36. The minimum absolute atomic E-state index is 0.269. The zero-order chi connectivity index (χ0) is 12.3. The van der Waals surface area contributed by atoms with Crippen LogP contribution in [-0.2, 0) is 17.9 Å². The van der Waals surface area contributed by atoms with Crippen LogP contribution >= 0.6 is 0 Å². The molecule has 3 nitrogen and oxygen atoms in total. The van der Waals surface area contributed by atoms with Crippen LogP contribution in [0, 0.1) is 5.92 Å². The summed E-state index contributed by atoms with van der Waals surface area (Å²) in [6.07, 6.45) is 3.31. The highest BCUT2D eigenvalue weighted by Gasteiger charge is 2.27. The maximum absolute atomic E-state index is 12.0. The lowest BCUT2D eigenvalue weighted by Gasteiger charge is -2.29. The Kier molecular flexibility index (Phi) is 3.79. The number of carbonyl (C=O) groups excluding carboxylic acids is 1. The van der Waals surface area contributed by atoms with Gasteiger partial charge < -0.3 is 10.6 Å². The van der Waals surface area contributed by atoms with Crippen molar-refractivity contribution in [1.82, 2.24) is 4.90 Å². The van der Waals surface area contributed by atoms with Gasteiger partial charge in [-0.3, -0.25) is 4.79 Å². The van der Waals surface area contributed by atoms with Crippen molar-refractivity contribution in [3.63, 3.8) is 0 Å². The van der Waals surface area contributed by atoms with Gasteiger partial charge in [0.15, 0.2) is 0 Å². The van der Waals surface area contributed by atoms with Crippen molar-refractivity contribution in [2.75, 3.05) is 7.05 Å². The topological polar surface area (TPSA) is 46.3 Å². The fraction of sp³-hybridized carbons (Fsp3) is 0.500.